The van der Waals surface area contributed by atoms with Gasteiger partial charge in [-0.2, -0.15) is 0 Å². The van der Waals surface area contributed by atoms with Gasteiger partial charge in [-0.15, -0.1) is 0 Å². The molecule has 4 heteroatoms. The van der Waals surface area contributed by atoms with E-state index in [1.807, 2.05) is 19.9 Å². The molecule has 0 amide bonds. The van der Waals surface area contributed by atoms with Crippen molar-refractivity contribution in [1.82, 2.24) is 0 Å². The van der Waals surface area contributed by atoms with Gasteiger partial charge >= 0.3 is 0 Å². The molecule has 2 aromatic carbocycles. The van der Waals surface area contributed by atoms with Crippen LogP contribution < -0.4 is 4.74 Å². The number of hydrogen-bond donors (Lipinski definition) is 3. The number of allylic oxidation sites excluding steroid dienone is 7. The van der Waals surface area contributed by atoms with Crippen LogP contribution in [0.4, 0.5) is 0 Å². The van der Waals surface area contributed by atoms with Gasteiger partial charge in [0, 0.05) is 23.3 Å². The molecule has 174 valence electrons. The normalized spacial score (nSPS) is 12.9. The van der Waals surface area contributed by atoms with E-state index in [-0.39, 0.29) is 17.3 Å². The Bertz CT molecular complexity index is 1150. The highest BCUT2D eigenvalue weighted by molar-refractivity contribution is 5.93. The fourth-order valence-corrected chi connectivity index (χ4v) is 3.78. The number of hydrogen-bond acceptors (Lipinski definition) is 4. The molecule has 0 saturated heterocycles. The summed E-state index contributed by atoms with van der Waals surface area (Å²) in [4.78, 5) is 0. The van der Waals surface area contributed by atoms with Crippen LogP contribution in [0.15, 0.2) is 65.3 Å². The molecular formula is C29H34O4. The first-order chi connectivity index (χ1) is 15.7. The molecule has 3 rings (SSSR count). The highest BCUT2D eigenvalue weighted by atomic mass is 16.5. The first kappa shape index (κ1) is 24.2. The summed E-state index contributed by atoms with van der Waals surface area (Å²) in [6.45, 7) is 10.3. The molecule has 0 aromatic heterocycles. The number of aliphatic hydroxyl groups excluding tert-OH is 1. The van der Waals surface area contributed by atoms with E-state index < -0.39 is 0 Å². The maximum atomic E-state index is 11.3. The molecule has 33 heavy (non-hydrogen) atoms. The van der Waals surface area contributed by atoms with Gasteiger partial charge < -0.3 is 20.1 Å². The molecule has 0 saturated carbocycles. The van der Waals surface area contributed by atoms with Crippen molar-refractivity contribution in [2.24, 2.45) is 0 Å². The van der Waals surface area contributed by atoms with Crippen molar-refractivity contribution in [2.75, 3.05) is 0 Å². The third-order valence-corrected chi connectivity index (χ3v) is 5.71. The molecule has 1 aliphatic rings. The fourth-order valence-electron chi connectivity index (χ4n) is 3.78. The molecular weight excluding hydrogens is 412 g/mol. The van der Waals surface area contributed by atoms with Gasteiger partial charge in [0.2, 0.25) is 0 Å². The molecule has 3 N–H and O–H groups in total. The highest BCUT2D eigenvalue weighted by Crippen LogP contribution is 2.46. The number of ether oxygens (including phenoxy) is 1. The molecule has 2 aromatic rings. The van der Waals surface area contributed by atoms with Gasteiger partial charge in [-0.1, -0.05) is 34.9 Å². The summed E-state index contributed by atoms with van der Waals surface area (Å²) in [7, 11) is 0. The van der Waals surface area contributed by atoms with Gasteiger partial charge in [0.25, 0.3) is 0 Å². The van der Waals surface area contributed by atoms with Crippen LogP contribution in [0.25, 0.3) is 11.3 Å². The van der Waals surface area contributed by atoms with Gasteiger partial charge in [-0.3, -0.25) is 0 Å². The summed E-state index contributed by atoms with van der Waals surface area (Å²) in [6.07, 6.45) is 9.47. The number of fused-ring (bicyclic) bond motifs is 2. The number of phenolic OH excluding ortho intramolecular Hbond substituents is 2. The highest BCUT2D eigenvalue weighted by Gasteiger charge is 2.24. The monoisotopic (exact) mass is 446 g/mol. The zero-order valence-corrected chi connectivity index (χ0v) is 20.2. The minimum Gasteiger partial charge on any atom is -0.508 e. The third-order valence-electron chi connectivity index (χ3n) is 5.71. The van der Waals surface area contributed by atoms with Crippen LogP contribution in [0.3, 0.4) is 0 Å². The predicted octanol–water partition coefficient (Wildman–Crippen LogP) is 8.22. The average Bonchev–Trinajstić information content (AvgIpc) is 2.83. The van der Waals surface area contributed by atoms with E-state index in [2.05, 4.69) is 39.0 Å². The first-order valence-electron chi connectivity index (χ1n) is 11.4. The minimum absolute atomic E-state index is 0.0472. The third kappa shape index (κ3) is 6.10. The van der Waals surface area contributed by atoms with Gasteiger partial charge in [0.05, 0.1) is 5.56 Å². The number of benzene rings is 2. The summed E-state index contributed by atoms with van der Waals surface area (Å²) in [6, 6.07) is 8.16. The van der Waals surface area contributed by atoms with E-state index in [1.165, 1.54) is 23.3 Å². The zero-order valence-electron chi connectivity index (χ0n) is 20.2. The second kappa shape index (κ2) is 10.5. The Morgan fingerprint density at radius 1 is 0.788 bits per heavy atom. The Kier molecular flexibility index (Phi) is 7.70. The van der Waals surface area contributed by atoms with Crippen molar-refractivity contribution in [3.63, 3.8) is 0 Å². The molecule has 0 radical (unpaired) electrons. The summed E-state index contributed by atoms with van der Waals surface area (Å²) in [5.41, 5.74) is 6.47. The Morgan fingerprint density at radius 2 is 1.48 bits per heavy atom. The van der Waals surface area contributed by atoms with Crippen molar-refractivity contribution in [3.8, 4) is 23.0 Å². The van der Waals surface area contributed by atoms with Crippen molar-refractivity contribution < 1.29 is 20.1 Å². The van der Waals surface area contributed by atoms with Gasteiger partial charge in [-0.25, -0.2) is 0 Å². The van der Waals surface area contributed by atoms with E-state index >= 15 is 0 Å². The van der Waals surface area contributed by atoms with Crippen molar-refractivity contribution in [2.45, 2.75) is 60.3 Å². The smallest absolute Gasteiger partial charge is 0.142 e. The van der Waals surface area contributed by atoms with Gasteiger partial charge in [0.15, 0.2) is 0 Å². The summed E-state index contributed by atoms with van der Waals surface area (Å²) in [5.74, 6) is 1.11. The fraction of sp³-hybridized carbons (Fsp3) is 0.310. The summed E-state index contributed by atoms with van der Waals surface area (Å²) in [5, 5.41) is 31.9. The molecule has 0 atom stereocenters. The van der Waals surface area contributed by atoms with E-state index in [0.717, 1.165) is 35.1 Å². The van der Waals surface area contributed by atoms with Crippen molar-refractivity contribution in [1.29, 1.82) is 0 Å². The Hall–Kier alpha value is -3.40. The molecule has 0 fully saturated rings. The maximum Gasteiger partial charge on any atom is 0.142 e. The molecule has 0 unspecified atom stereocenters. The van der Waals surface area contributed by atoms with E-state index in [1.54, 1.807) is 12.1 Å². The van der Waals surface area contributed by atoms with Crippen LogP contribution in [-0.2, 0) is 6.42 Å². The van der Waals surface area contributed by atoms with E-state index in [0.29, 0.717) is 29.9 Å². The molecule has 0 spiro atoms. The van der Waals surface area contributed by atoms with Crippen LogP contribution in [0.1, 0.15) is 70.6 Å². The second-order valence-electron chi connectivity index (χ2n) is 9.15. The summed E-state index contributed by atoms with van der Waals surface area (Å²) >= 11 is 0. The number of aromatic hydroxyl groups is 2. The van der Waals surface area contributed by atoms with Crippen LogP contribution in [-0.4, -0.2) is 15.3 Å². The molecule has 0 bridgehead atoms. The summed E-state index contributed by atoms with van der Waals surface area (Å²) < 4.78 is 6.08. The minimum atomic E-state index is 0.0472. The number of aliphatic hydroxyl groups is 1. The van der Waals surface area contributed by atoms with Gasteiger partial charge in [0.1, 0.15) is 28.8 Å². The van der Waals surface area contributed by atoms with Crippen molar-refractivity contribution >= 4 is 11.3 Å². The largest absolute Gasteiger partial charge is 0.508 e. The number of phenols is 2. The number of rotatable bonds is 7. The predicted molar refractivity (Wildman–Crippen MR) is 136 cm³/mol. The molecule has 0 aliphatic carbocycles. The van der Waals surface area contributed by atoms with Crippen LogP contribution in [0, 0.1) is 0 Å². The first-order valence-corrected chi connectivity index (χ1v) is 11.4. The quantitative estimate of drug-likeness (QED) is 0.375. The molecule has 4 nitrogen and oxygen atoms in total. The van der Waals surface area contributed by atoms with E-state index in [4.69, 9.17) is 4.74 Å². The molecule has 1 aliphatic heterocycles. The lowest BCUT2D eigenvalue weighted by Crippen LogP contribution is -1.94. The van der Waals surface area contributed by atoms with Crippen LogP contribution in [0.2, 0.25) is 0 Å². The molecule has 1 heterocycles. The Balaban J connectivity index is 2.08. The lowest BCUT2D eigenvalue weighted by molar-refractivity contribution is 0.441. The zero-order chi connectivity index (χ0) is 24.1. The topological polar surface area (TPSA) is 69.9 Å². The SMILES string of the molecule is CC(C)=CCC/C(C)=C/CC1=C(O)c2ccc(O)cc2Oc2cc(O)c(CC=C(C)C)cc21. The van der Waals surface area contributed by atoms with Crippen molar-refractivity contribution in [3.05, 3.63) is 82.0 Å². The van der Waals surface area contributed by atoms with E-state index in [9.17, 15) is 15.3 Å². The Morgan fingerprint density at radius 3 is 2.18 bits per heavy atom. The standard InChI is InChI=1S/C29H34O4/c1-18(2)7-6-8-20(5)10-13-23-25-15-21(11-9-19(3)4)26(31)17-28(25)33-27-16-22(30)12-14-24(27)29(23)32/h7,9-10,12,14-17,30-32H,6,8,11,13H2,1-5H3/b20-10+. The average molecular weight is 447 g/mol. The van der Waals surface area contributed by atoms with Gasteiger partial charge in [-0.05, 0) is 84.1 Å². The Labute approximate surface area is 196 Å². The van der Waals surface area contributed by atoms with Crippen LogP contribution >= 0.6 is 0 Å². The second-order valence-corrected chi connectivity index (χ2v) is 9.15. The van der Waals surface area contributed by atoms with Crippen LogP contribution in [0.5, 0.6) is 23.0 Å². The maximum absolute atomic E-state index is 11.3. The lowest BCUT2D eigenvalue weighted by atomic mass is 9.94. The lowest BCUT2D eigenvalue weighted by Gasteiger charge is -2.14.